The number of phenolic OH excluding ortho intramolecular Hbond substituents is 1. The average molecular weight is 206 g/mol. The van der Waals surface area contributed by atoms with Crippen LogP contribution in [-0.2, 0) is 4.79 Å². The minimum absolute atomic E-state index is 0.130. The number of phenols is 1. The summed E-state index contributed by atoms with van der Waals surface area (Å²) in [7, 11) is 0. The Morgan fingerprint density at radius 1 is 1.27 bits per heavy atom. The first kappa shape index (κ1) is 11.3. The Kier molecular flexibility index (Phi) is 3.50. The molecule has 0 aliphatic rings. The zero-order valence-electron chi connectivity index (χ0n) is 8.77. The van der Waals surface area contributed by atoms with Crippen molar-refractivity contribution in [2.45, 2.75) is 13.8 Å². The molecule has 1 aromatic carbocycles. The van der Waals surface area contributed by atoms with Crippen molar-refractivity contribution < 1.29 is 15.0 Å². The number of aromatic hydroxyl groups is 1. The molecule has 0 aliphatic heterocycles. The van der Waals surface area contributed by atoms with Crippen LogP contribution in [-0.4, -0.2) is 16.2 Å². The summed E-state index contributed by atoms with van der Waals surface area (Å²) >= 11 is 0. The summed E-state index contributed by atoms with van der Waals surface area (Å²) in [5, 5.41) is 17.8. The molecule has 0 atom stereocenters. The van der Waals surface area contributed by atoms with Crippen LogP contribution in [0.15, 0.2) is 30.3 Å². The number of carboxylic acid groups (broad SMARTS) is 1. The van der Waals surface area contributed by atoms with Crippen molar-refractivity contribution in [1.29, 1.82) is 0 Å². The largest absolute Gasteiger partial charge is 0.508 e. The van der Waals surface area contributed by atoms with Crippen molar-refractivity contribution in [3.8, 4) is 5.75 Å². The third-order valence-corrected chi connectivity index (χ3v) is 2.10. The predicted molar refractivity (Wildman–Crippen MR) is 58.6 cm³/mol. The Bertz CT molecular complexity index is 374. The Hall–Kier alpha value is -1.77. The van der Waals surface area contributed by atoms with Gasteiger partial charge in [0, 0.05) is 6.08 Å². The zero-order chi connectivity index (χ0) is 11.4. The normalized spacial score (nSPS) is 11.8. The fourth-order valence-corrected chi connectivity index (χ4v) is 1.37. The summed E-state index contributed by atoms with van der Waals surface area (Å²) in [4.78, 5) is 10.6. The van der Waals surface area contributed by atoms with Gasteiger partial charge in [0.1, 0.15) is 5.75 Å². The highest BCUT2D eigenvalue weighted by Gasteiger charge is 2.08. The third-order valence-electron chi connectivity index (χ3n) is 2.10. The van der Waals surface area contributed by atoms with Gasteiger partial charge in [-0.1, -0.05) is 26.0 Å². The van der Waals surface area contributed by atoms with E-state index in [1.807, 2.05) is 13.8 Å². The molecular weight excluding hydrogens is 192 g/mol. The Balaban J connectivity index is 3.10. The van der Waals surface area contributed by atoms with Crippen molar-refractivity contribution >= 4 is 11.5 Å². The van der Waals surface area contributed by atoms with Crippen LogP contribution in [0.3, 0.4) is 0 Å². The van der Waals surface area contributed by atoms with Gasteiger partial charge >= 0.3 is 5.97 Å². The minimum Gasteiger partial charge on any atom is -0.508 e. The number of aliphatic carboxylic acids is 1. The van der Waals surface area contributed by atoms with Gasteiger partial charge in [-0.2, -0.15) is 0 Å². The summed E-state index contributed by atoms with van der Waals surface area (Å²) in [5.41, 5.74) is 1.58. The summed E-state index contributed by atoms with van der Waals surface area (Å²) < 4.78 is 0. The highest BCUT2D eigenvalue weighted by Crippen LogP contribution is 2.24. The number of allylic oxidation sites excluding steroid dienone is 1. The average Bonchev–Trinajstić information content (AvgIpc) is 2.15. The van der Waals surface area contributed by atoms with E-state index < -0.39 is 5.97 Å². The van der Waals surface area contributed by atoms with Gasteiger partial charge in [-0.25, -0.2) is 4.79 Å². The first-order valence-electron chi connectivity index (χ1n) is 4.74. The maximum Gasteiger partial charge on any atom is 0.328 e. The lowest BCUT2D eigenvalue weighted by Crippen LogP contribution is -1.98. The van der Waals surface area contributed by atoms with Crippen LogP contribution >= 0.6 is 0 Å². The second-order valence-electron chi connectivity index (χ2n) is 3.64. The minimum atomic E-state index is -0.952. The fraction of sp³-hybridized carbons (Fsp3) is 0.250. The number of rotatable bonds is 3. The van der Waals surface area contributed by atoms with Gasteiger partial charge in [-0.05, 0) is 29.2 Å². The van der Waals surface area contributed by atoms with E-state index in [0.29, 0.717) is 0 Å². The monoisotopic (exact) mass is 206 g/mol. The molecule has 0 amide bonds. The molecule has 0 fully saturated rings. The second-order valence-corrected chi connectivity index (χ2v) is 3.64. The summed E-state index contributed by atoms with van der Waals surface area (Å²) in [6.07, 6.45) is 1.21. The molecule has 1 rings (SSSR count). The van der Waals surface area contributed by atoms with E-state index in [1.165, 1.54) is 6.08 Å². The molecule has 0 aromatic heterocycles. The molecule has 0 unspecified atom stereocenters. The maximum absolute atomic E-state index is 10.6. The second kappa shape index (κ2) is 4.64. The molecular formula is C12H14O3. The molecule has 0 aliphatic carbocycles. The molecule has 15 heavy (non-hydrogen) atoms. The molecule has 0 heterocycles. The number of hydrogen-bond donors (Lipinski definition) is 2. The Morgan fingerprint density at radius 2 is 1.80 bits per heavy atom. The molecule has 80 valence electrons. The predicted octanol–water partition coefficient (Wildman–Crippen LogP) is 2.52. The van der Waals surface area contributed by atoms with E-state index in [1.54, 1.807) is 24.3 Å². The molecule has 3 nitrogen and oxygen atoms in total. The van der Waals surface area contributed by atoms with Gasteiger partial charge in [0.2, 0.25) is 0 Å². The lowest BCUT2D eigenvalue weighted by Gasteiger charge is -2.10. The van der Waals surface area contributed by atoms with Gasteiger partial charge in [0.25, 0.3) is 0 Å². The SMILES string of the molecule is CC(C)/C(=C/C(=O)O)c1ccc(O)cc1. The van der Waals surface area contributed by atoms with E-state index in [9.17, 15) is 4.79 Å². The molecule has 0 saturated carbocycles. The van der Waals surface area contributed by atoms with Crippen LogP contribution in [0.2, 0.25) is 0 Å². The lowest BCUT2D eigenvalue weighted by atomic mass is 9.95. The van der Waals surface area contributed by atoms with Gasteiger partial charge in [0.05, 0.1) is 0 Å². The Morgan fingerprint density at radius 3 is 2.20 bits per heavy atom. The topological polar surface area (TPSA) is 57.5 Å². The van der Waals surface area contributed by atoms with Gasteiger partial charge in [-0.15, -0.1) is 0 Å². The first-order valence-corrected chi connectivity index (χ1v) is 4.74. The first-order chi connectivity index (χ1) is 7.00. The van der Waals surface area contributed by atoms with E-state index in [-0.39, 0.29) is 11.7 Å². The summed E-state index contributed by atoms with van der Waals surface area (Å²) in [6.45, 7) is 3.86. The number of hydrogen-bond acceptors (Lipinski definition) is 2. The molecule has 0 saturated heterocycles. The van der Waals surface area contributed by atoms with Crippen LogP contribution in [0, 0.1) is 5.92 Å². The Labute approximate surface area is 88.7 Å². The van der Waals surface area contributed by atoms with Crippen LogP contribution in [0.4, 0.5) is 0 Å². The standard InChI is InChI=1S/C12H14O3/c1-8(2)11(7-12(14)15)9-3-5-10(13)6-4-9/h3-8,13H,1-2H3,(H,14,15)/b11-7-. The molecule has 0 spiro atoms. The summed E-state index contributed by atoms with van der Waals surface area (Å²) in [5.74, 6) is -0.644. The van der Waals surface area contributed by atoms with Crippen molar-refractivity contribution in [1.82, 2.24) is 0 Å². The highest BCUT2D eigenvalue weighted by atomic mass is 16.4. The van der Waals surface area contributed by atoms with Crippen LogP contribution < -0.4 is 0 Å². The lowest BCUT2D eigenvalue weighted by molar-refractivity contribution is -0.131. The molecule has 0 bridgehead atoms. The van der Waals surface area contributed by atoms with E-state index in [4.69, 9.17) is 10.2 Å². The van der Waals surface area contributed by atoms with Crippen LogP contribution in [0.25, 0.3) is 5.57 Å². The fourth-order valence-electron chi connectivity index (χ4n) is 1.37. The van der Waals surface area contributed by atoms with Crippen LogP contribution in [0.1, 0.15) is 19.4 Å². The van der Waals surface area contributed by atoms with E-state index >= 15 is 0 Å². The van der Waals surface area contributed by atoms with Crippen LogP contribution in [0.5, 0.6) is 5.75 Å². The zero-order valence-corrected chi connectivity index (χ0v) is 8.77. The van der Waals surface area contributed by atoms with E-state index in [2.05, 4.69) is 0 Å². The molecule has 1 aromatic rings. The van der Waals surface area contributed by atoms with E-state index in [0.717, 1.165) is 11.1 Å². The van der Waals surface area contributed by atoms with Crippen molar-refractivity contribution in [3.63, 3.8) is 0 Å². The number of carbonyl (C=O) groups is 1. The number of carboxylic acids is 1. The summed E-state index contributed by atoms with van der Waals surface area (Å²) in [6, 6.07) is 6.52. The molecule has 2 N–H and O–H groups in total. The smallest absolute Gasteiger partial charge is 0.328 e. The van der Waals surface area contributed by atoms with Crippen molar-refractivity contribution in [2.75, 3.05) is 0 Å². The quantitative estimate of drug-likeness (QED) is 0.747. The van der Waals surface area contributed by atoms with Gasteiger partial charge < -0.3 is 10.2 Å². The van der Waals surface area contributed by atoms with Crippen molar-refractivity contribution in [3.05, 3.63) is 35.9 Å². The highest BCUT2D eigenvalue weighted by molar-refractivity contribution is 5.90. The molecule has 3 heteroatoms. The van der Waals surface area contributed by atoms with Gasteiger partial charge in [-0.3, -0.25) is 0 Å². The maximum atomic E-state index is 10.6. The molecule has 0 radical (unpaired) electrons. The van der Waals surface area contributed by atoms with Gasteiger partial charge in [0.15, 0.2) is 0 Å². The van der Waals surface area contributed by atoms with Crippen molar-refractivity contribution in [2.24, 2.45) is 5.92 Å². The number of benzene rings is 1. The third kappa shape index (κ3) is 3.13.